The Labute approximate surface area is 46.9 Å². The highest BCUT2D eigenvalue weighted by Gasteiger charge is 2.30. The highest BCUT2D eigenvalue weighted by atomic mass is 16.4. The summed E-state index contributed by atoms with van der Waals surface area (Å²) in [7, 11) is 0. The Morgan fingerprint density at radius 2 is 2.25 bits per heavy atom. The first-order valence-corrected chi connectivity index (χ1v) is 2.23. The van der Waals surface area contributed by atoms with E-state index >= 15 is 0 Å². The van der Waals surface area contributed by atoms with Crippen molar-refractivity contribution in [1.29, 1.82) is 0 Å². The van der Waals surface area contributed by atoms with Crippen molar-refractivity contribution in [1.82, 2.24) is 0 Å². The van der Waals surface area contributed by atoms with Crippen LogP contribution in [0.2, 0.25) is 0 Å². The molecule has 0 fully saturated rings. The molecule has 0 bridgehead atoms. The topological polar surface area (TPSA) is 83.2 Å². The Bertz CT molecular complexity index is 99.5. The van der Waals surface area contributed by atoms with Gasteiger partial charge in [-0.3, -0.25) is 5.73 Å². The molecule has 0 aliphatic carbocycles. The minimum Gasteiger partial charge on any atom is -0.478 e. The lowest BCUT2D eigenvalue weighted by molar-refractivity contribution is -0.165. The Morgan fingerprint density at radius 3 is 2.25 bits per heavy atom. The van der Waals surface area contributed by atoms with Crippen LogP contribution in [0.1, 0.15) is 13.3 Å². The molecule has 0 rings (SSSR count). The monoisotopic (exact) mass is 118 g/mol. The Kier molecular flexibility index (Phi) is 1.94. The number of nitrogens with two attached hydrogens (primary N) is 1. The van der Waals surface area contributed by atoms with E-state index < -0.39 is 11.7 Å². The van der Waals surface area contributed by atoms with Gasteiger partial charge in [-0.15, -0.1) is 0 Å². The van der Waals surface area contributed by atoms with Crippen LogP contribution in [-0.2, 0) is 9.90 Å². The van der Waals surface area contributed by atoms with Crippen molar-refractivity contribution in [2.45, 2.75) is 19.1 Å². The summed E-state index contributed by atoms with van der Waals surface area (Å²) in [5, 5.41) is 18.4. The zero-order valence-corrected chi connectivity index (χ0v) is 4.55. The molecule has 0 saturated carbocycles. The van der Waals surface area contributed by atoms with Crippen molar-refractivity contribution in [3.05, 3.63) is 0 Å². The van der Waals surface area contributed by atoms with E-state index in [-0.39, 0.29) is 6.42 Å². The summed E-state index contributed by atoms with van der Waals surface area (Å²) in [5.74, 6) is -1.50. The fourth-order valence-corrected chi connectivity index (χ4v) is 0.151. The lowest BCUT2D eigenvalue weighted by atomic mass is 10.2. The molecule has 4 heteroatoms. The van der Waals surface area contributed by atoms with Crippen molar-refractivity contribution in [3.63, 3.8) is 0 Å². The van der Waals surface area contributed by atoms with Gasteiger partial charge in [0.1, 0.15) is 0 Å². The fraction of sp³-hybridized carbons (Fsp3) is 0.750. The lowest BCUT2D eigenvalue weighted by Gasteiger charge is -2.09. The second-order valence-electron chi connectivity index (χ2n) is 1.55. The van der Waals surface area contributed by atoms with Gasteiger partial charge in [-0.1, -0.05) is 6.92 Å². The summed E-state index contributed by atoms with van der Waals surface area (Å²) in [6, 6.07) is 0. The van der Waals surface area contributed by atoms with Crippen LogP contribution in [0.4, 0.5) is 0 Å². The standard InChI is InChI=1S/C4H8NO3/c1-2-4(5,8)3(6)7/h2,5H2,1H3,(H,6,7). The molecule has 0 spiro atoms. The van der Waals surface area contributed by atoms with E-state index in [1.54, 1.807) is 0 Å². The molecule has 47 valence electrons. The van der Waals surface area contributed by atoms with Crippen LogP contribution in [0.5, 0.6) is 0 Å². The smallest absolute Gasteiger partial charge is 0.354 e. The maximum absolute atomic E-state index is 10.3. The summed E-state index contributed by atoms with van der Waals surface area (Å²) in [6.45, 7) is 1.43. The summed E-state index contributed by atoms with van der Waals surface area (Å²) < 4.78 is 0. The third-order valence-corrected chi connectivity index (χ3v) is 0.887. The van der Waals surface area contributed by atoms with Gasteiger partial charge in [0.15, 0.2) is 0 Å². The van der Waals surface area contributed by atoms with E-state index in [1.807, 2.05) is 0 Å². The molecule has 4 nitrogen and oxygen atoms in total. The van der Waals surface area contributed by atoms with E-state index in [9.17, 15) is 9.90 Å². The van der Waals surface area contributed by atoms with Crippen LogP contribution < -0.4 is 5.73 Å². The molecular weight excluding hydrogens is 110 g/mol. The van der Waals surface area contributed by atoms with Gasteiger partial charge < -0.3 is 5.11 Å². The van der Waals surface area contributed by atoms with E-state index in [4.69, 9.17) is 10.8 Å². The van der Waals surface area contributed by atoms with Gasteiger partial charge in [0.05, 0.1) is 0 Å². The molecule has 3 N–H and O–H groups in total. The molecule has 8 heavy (non-hydrogen) atoms. The molecule has 1 radical (unpaired) electrons. The average molecular weight is 118 g/mol. The van der Waals surface area contributed by atoms with Crippen LogP contribution in [0.25, 0.3) is 0 Å². The fourth-order valence-electron chi connectivity index (χ4n) is 0.151. The summed E-state index contributed by atoms with van der Waals surface area (Å²) >= 11 is 0. The lowest BCUT2D eigenvalue weighted by Crippen LogP contribution is -2.45. The molecule has 0 aromatic heterocycles. The van der Waals surface area contributed by atoms with Gasteiger partial charge in [-0.2, -0.15) is 5.11 Å². The zero-order valence-electron chi connectivity index (χ0n) is 4.55. The third kappa shape index (κ3) is 1.48. The molecular formula is C4H8NO3. The van der Waals surface area contributed by atoms with Crippen molar-refractivity contribution < 1.29 is 15.0 Å². The summed E-state index contributed by atoms with van der Waals surface area (Å²) in [5.41, 5.74) is 2.41. The molecule has 0 amide bonds. The number of carbonyl (C=O) groups is 1. The minimum absolute atomic E-state index is 0.0949. The first-order valence-electron chi connectivity index (χ1n) is 2.23. The zero-order chi connectivity index (χ0) is 6.78. The maximum atomic E-state index is 10.3. The molecule has 0 heterocycles. The van der Waals surface area contributed by atoms with Gasteiger partial charge in [0.2, 0.25) is 5.72 Å². The van der Waals surface area contributed by atoms with E-state index in [0.717, 1.165) is 0 Å². The van der Waals surface area contributed by atoms with Crippen LogP contribution in [0, 0.1) is 0 Å². The highest BCUT2D eigenvalue weighted by Crippen LogP contribution is 2.00. The number of rotatable bonds is 2. The SMILES string of the molecule is CCC(N)([O])C(=O)O. The second-order valence-corrected chi connectivity index (χ2v) is 1.55. The van der Waals surface area contributed by atoms with Crippen LogP contribution in [0.15, 0.2) is 0 Å². The molecule has 1 unspecified atom stereocenters. The van der Waals surface area contributed by atoms with Crippen molar-refractivity contribution in [2.75, 3.05) is 0 Å². The first-order chi connectivity index (χ1) is 3.50. The van der Waals surface area contributed by atoms with E-state index in [1.165, 1.54) is 6.92 Å². The predicted octanol–water partition coefficient (Wildman–Crippen LogP) is -0.434. The summed E-state index contributed by atoms with van der Waals surface area (Å²) in [6.07, 6.45) is -0.0949. The van der Waals surface area contributed by atoms with Gasteiger partial charge >= 0.3 is 5.97 Å². The Hall–Kier alpha value is -0.610. The molecule has 0 aliphatic rings. The van der Waals surface area contributed by atoms with Crippen molar-refractivity contribution in [2.24, 2.45) is 5.73 Å². The quantitative estimate of drug-likeness (QED) is 0.482. The second kappa shape index (κ2) is 2.11. The van der Waals surface area contributed by atoms with E-state index in [2.05, 4.69) is 0 Å². The van der Waals surface area contributed by atoms with Crippen molar-refractivity contribution in [3.8, 4) is 0 Å². The number of carboxylic acids is 1. The first kappa shape index (κ1) is 7.39. The highest BCUT2D eigenvalue weighted by molar-refractivity contribution is 5.75. The number of carboxylic acid groups (broad SMARTS) is 1. The van der Waals surface area contributed by atoms with Gasteiger partial charge in [-0.25, -0.2) is 4.79 Å². The molecule has 0 aromatic rings. The van der Waals surface area contributed by atoms with Crippen LogP contribution in [0.3, 0.4) is 0 Å². The van der Waals surface area contributed by atoms with Gasteiger partial charge in [0, 0.05) is 6.42 Å². The largest absolute Gasteiger partial charge is 0.478 e. The number of hydrogen-bond acceptors (Lipinski definition) is 2. The average Bonchev–Trinajstić information content (AvgIpc) is 1.67. The molecule has 0 aromatic carbocycles. The maximum Gasteiger partial charge on any atom is 0.354 e. The molecule has 1 atom stereocenters. The Balaban J connectivity index is 3.91. The van der Waals surface area contributed by atoms with Crippen molar-refractivity contribution >= 4 is 5.97 Å². The van der Waals surface area contributed by atoms with Crippen LogP contribution >= 0.6 is 0 Å². The normalized spacial score (nSPS) is 17.4. The van der Waals surface area contributed by atoms with Gasteiger partial charge in [-0.05, 0) is 0 Å². The molecule has 0 saturated heterocycles. The van der Waals surface area contributed by atoms with E-state index in [0.29, 0.717) is 0 Å². The third-order valence-electron chi connectivity index (χ3n) is 0.887. The van der Waals surface area contributed by atoms with Crippen LogP contribution in [-0.4, -0.2) is 16.8 Å². The molecule has 0 aliphatic heterocycles. The number of aliphatic carboxylic acids is 1. The Morgan fingerprint density at radius 1 is 1.88 bits per heavy atom. The minimum atomic E-state index is -2.29. The summed E-state index contributed by atoms with van der Waals surface area (Å²) in [4.78, 5) is 9.81. The predicted molar refractivity (Wildman–Crippen MR) is 25.5 cm³/mol. The van der Waals surface area contributed by atoms with Gasteiger partial charge in [0.25, 0.3) is 0 Å². The number of hydrogen-bond donors (Lipinski definition) is 2.